The molecule has 0 unspecified atom stereocenters. The molecule has 1 atom stereocenters. The van der Waals surface area contributed by atoms with E-state index in [1.54, 1.807) is 17.4 Å². The molecule has 146 valence electrons. The van der Waals surface area contributed by atoms with Crippen LogP contribution in [0.1, 0.15) is 54.1 Å². The molecule has 0 aliphatic heterocycles. The first-order chi connectivity index (χ1) is 13.5. The minimum Gasteiger partial charge on any atom is -0.350 e. The monoisotopic (exact) mass is 415 g/mol. The quantitative estimate of drug-likeness (QED) is 0.651. The highest BCUT2D eigenvalue weighted by Gasteiger charge is 2.20. The zero-order chi connectivity index (χ0) is 19.7. The van der Waals surface area contributed by atoms with Crippen LogP contribution in [0.2, 0.25) is 5.02 Å². The van der Waals surface area contributed by atoms with Crippen LogP contribution in [0.5, 0.6) is 0 Å². The van der Waals surface area contributed by atoms with Crippen molar-refractivity contribution >= 4 is 39.1 Å². The number of carbonyl (C=O) groups excluding carboxylic acids is 1. The van der Waals surface area contributed by atoms with Gasteiger partial charge in [0.05, 0.1) is 11.4 Å². The van der Waals surface area contributed by atoms with Gasteiger partial charge >= 0.3 is 0 Å². The molecule has 0 saturated carbocycles. The second-order valence-corrected chi connectivity index (χ2v) is 8.77. The normalized spacial score (nSPS) is 14.6. The Morgan fingerprint density at radius 1 is 1.36 bits per heavy atom. The van der Waals surface area contributed by atoms with E-state index in [9.17, 15) is 9.59 Å². The number of rotatable bonds is 5. The molecule has 28 heavy (non-hydrogen) atoms. The summed E-state index contributed by atoms with van der Waals surface area (Å²) in [4.78, 5) is 34.5. The highest BCUT2D eigenvalue weighted by molar-refractivity contribution is 7.18. The van der Waals surface area contributed by atoms with Crippen LogP contribution in [0, 0.1) is 0 Å². The van der Waals surface area contributed by atoms with Crippen molar-refractivity contribution in [3.63, 3.8) is 0 Å². The number of nitrogens with zero attached hydrogens (tertiary/aromatic N) is 1. The lowest BCUT2D eigenvalue weighted by molar-refractivity contribution is -0.121. The van der Waals surface area contributed by atoms with Crippen LogP contribution in [-0.2, 0) is 24.1 Å². The van der Waals surface area contributed by atoms with E-state index >= 15 is 0 Å². The molecule has 5 nitrogen and oxygen atoms in total. The number of halogens is 1. The Hall–Kier alpha value is -2.18. The van der Waals surface area contributed by atoms with Gasteiger partial charge in [0, 0.05) is 22.7 Å². The van der Waals surface area contributed by atoms with Crippen molar-refractivity contribution in [1.82, 2.24) is 15.3 Å². The van der Waals surface area contributed by atoms with Crippen LogP contribution in [0.15, 0.2) is 29.1 Å². The van der Waals surface area contributed by atoms with Crippen molar-refractivity contribution in [2.75, 3.05) is 0 Å². The van der Waals surface area contributed by atoms with Crippen molar-refractivity contribution in [3.8, 4) is 0 Å². The molecule has 0 fully saturated rings. The largest absolute Gasteiger partial charge is 0.350 e. The van der Waals surface area contributed by atoms with Gasteiger partial charge in [-0.15, -0.1) is 11.3 Å². The fourth-order valence-corrected chi connectivity index (χ4v) is 5.21. The van der Waals surface area contributed by atoms with Crippen LogP contribution in [0.25, 0.3) is 10.2 Å². The maximum Gasteiger partial charge on any atom is 0.259 e. The molecule has 1 aliphatic carbocycles. The number of nitrogens with one attached hydrogen (secondary N) is 2. The molecular formula is C21H22ClN3O2S. The number of aromatic nitrogens is 2. The molecule has 2 aromatic heterocycles. The average molecular weight is 416 g/mol. The molecule has 0 saturated heterocycles. The summed E-state index contributed by atoms with van der Waals surface area (Å²) in [6, 6.07) is 7.32. The summed E-state index contributed by atoms with van der Waals surface area (Å²) in [7, 11) is 0. The summed E-state index contributed by atoms with van der Waals surface area (Å²) in [6.45, 7) is 1.92. The van der Waals surface area contributed by atoms with E-state index in [1.807, 2.05) is 25.1 Å². The van der Waals surface area contributed by atoms with E-state index in [0.29, 0.717) is 17.3 Å². The third-order valence-corrected chi connectivity index (χ3v) is 6.61. The number of benzene rings is 1. The third-order valence-electron chi connectivity index (χ3n) is 5.19. The van der Waals surface area contributed by atoms with E-state index in [2.05, 4.69) is 15.3 Å². The topological polar surface area (TPSA) is 74.8 Å². The lowest BCUT2D eigenvalue weighted by Gasteiger charge is -2.14. The van der Waals surface area contributed by atoms with Gasteiger partial charge in [0.2, 0.25) is 5.91 Å². The van der Waals surface area contributed by atoms with Gasteiger partial charge < -0.3 is 10.3 Å². The zero-order valence-corrected chi connectivity index (χ0v) is 17.3. The number of hydrogen-bond acceptors (Lipinski definition) is 4. The second-order valence-electron chi connectivity index (χ2n) is 7.25. The molecule has 7 heteroatoms. The number of fused-ring (bicyclic) bond motifs is 3. The number of aromatic amines is 1. The summed E-state index contributed by atoms with van der Waals surface area (Å²) >= 11 is 7.64. The first kappa shape index (κ1) is 19.2. The van der Waals surface area contributed by atoms with Gasteiger partial charge in [0.1, 0.15) is 10.7 Å². The minimum atomic E-state index is -0.135. The summed E-state index contributed by atoms with van der Waals surface area (Å²) in [5.41, 5.74) is 2.06. The molecule has 1 aliphatic rings. The fraction of sp³-hybridized carbons (Fsp3) is 0.381. The van der Waals surface area contributed by atoms with Crippen LogP contribution in [-0.4, -0.2) is 15.9 Å². The number of amides is 1. The Bertz CT molecular complexity index is 1090. The van der Waals surface area contributed by atoms with Crippen molar-refractivity contribution < 1.29 is 4.79 Å². The smallest absolute Gasteiger partial charge is 0.259 e. The Morgan fingerprint density at radius 3 is 3.00 bits per heavy atom. The molecule has 1 amide bonds. The van der Waals surface area contributed by atoms with E-state index in [-0.39, 0.29) is 23.9 Å². The second kappa shape index (κ2) is 8.05. The number of H-pyrrole nitrogens is 1. The van der Waals surface area contributed by atoms with Crippen LogP contribution >= 0.6 is 22.9 Å². The van der Waals surface area contributed by atoms with Gasteiger partial charge in [-0.05, 0) is 55.9 Å². The predicted molar refractivity (Wildman–Crippen MR) is 113 cm³/mol. The Morgan fingerprint density at radius 2 is 2.18 bits per heavy atom. The highest BCUT2D eigenvalue weighted by atomic mass is 35.5. The van der Waals surface area contributed by atoms with Crippen molar-refractivity contribution in [2.45, 2.75) is 51.5 Å². The lowest BCUT2D eigenvalue weighted by atomic mass is 9.97. The van der Waals surface area contributed by atoms with E-state index in [0.717, 1.165) is 35.0 Å². The van der Waals surface area contributed by atoms with Gasteiger partial charge in [-0.3, -0.25) is 9.59 Å². The van der Waals surface area contributed by atoms with E-state index in [4.69, 9.17) is 11.6 Å². The summed E-state index contributed by atoms with van der Waals surface area (Å²) in [5, 5.41) is 4.37. The first-order valence-electron chi connectivity index (χ1n) is 9.59. The molecule has 0 spiro atoms. The molecule has 2 heterocycles. The number of thiophene rings is 1. The van der Waals surface area contributed by atoms with Crippen LogP contribution < -0.4 is 10.9 Å². The van der Waals surface area contributed by atoms with Gasteiger partial charge in [-0.2, -0.15) is 0 Å². The Balaban J connectivity index is 1.44. The summed E-state index contributed by atoms with van der Waals surface area (Å²) in [6.07, 6.45) is 4.98. The van der Waals surface area contributed by atoms with Gasteiger partial charge in [0.15, 0.2) is 0 Å². The number of hydrogen-bond donors (Lipinski definition) is 2. The van der Waals surface area contributed by atoms with Crippen LogP contribution in [0.4, 0.5) is 0 Å². The van der Waals surface area contributed by atoms with Crippen molar-refractivity contribution in [3.05, 3.63) is 61.5 Å². The molecule has 1 aromatic carbocycles. The minimum absolute atomic E-state index is 0.0768. The summed E-state index contributed by atoms with van der Waals surface area (Å²) < 4.78 is 0. The SMILES string of the molecule is C[C@H](NC(=O)CCc1nc2sc3c(c2c(=O)[nH]1)CCCC3)c1cccc(Cl)c1. The summed E-state index contributed by atoms with van der Waals surface area (Å²) in [5.74, 6) is 0.488. The fourth-order valence-electron chi connectivity index (χ4n) is 3.73. The third kappa shape index (κ3) is 3.98. The molecule has 3 aromatic rings. The molecule has 0 radical (unpaired) electrons. The van der Waals surface area contributed by atoms with Gasteiger partial charge in [-0.1, -0.05) is 23.7 Å². The Labute approximate surface area is 172 Å². The first-order valence-corrected chi connectivity index (χ1v) is 10.8. The molecule has 4 rings (SSSR count). The van der Waals surface area contributed by atoms with Crippen molar-refractivity contribution in [2.24, 2.45) is 0 Å². The molecular weight excluding hydrogens is 394 g/mol. The van der Waals surface area contributed by atoms with Gasteiger partial charge in [-0.25, -0.2) is 4.98 Å². The van der Waals surface area contributed by atoms with Crippen LogP contribution in [0.3, 0.4) is 0 Å². The number of aryl methyl sites for hydroxylation is 3. The zero-order valence-electron chi connectivity index (χ0n) is 15.7. The molecule has 2 N–H and O–H groups in total. The molecule has 0 bridgehead atoms. The van der Waals surface area contributed by atoms with E-state index < -0.39 is 0 Å². The Kier molecular flexibility index (Phi) is 5.51. The van der Waals surface area contributed by atoms with Crippen molar-refractivity contribution in [1.29, 1.82) is 0 Å². The maximum absolute atomic E-state index is 12.6. The van der Waals surface area contributed by atoms with Gasteiger partial charge in [0.25, 0.3) is 5.56 Å². The standard InChI is InChI=1S/C21H22ClN3O2S/c1-12(13-5-4-6-14(22)11-13)23-18(26)10-9-17-24-20(27)19-15-7-2-3-8-16(15)28-21(19)25-17/h4-6,11-12H,2-3,7-10H2,1H3,(H,23,26)(H,24,25,27)/t12-/m0/s1. The highest BCUT2D eigenvalue weighted by Crippen LogP contribution is 2.33. The maximum atomic E-state index is 12.6. The average Bonchev–Trinajstić information content (AvgIpc) is 3.05. The van der Waals surface area contributed by atoms with E-state index in [1.165, 1.54) is 16.9 Å². The number of carbonyl (C=O) groups is 1. The predicted octanol–water partition coefficient (Wildman–Crippen LogP) is 4.33. The lowest BCUT2D eigenvalue weighted by Crippen LogP contribution is -2.27.